The number of sulfonamides is 1. The Labute approximate surface area is 190 Å². The normalized spacial score (nSPS) is 15.7. The topological polar surface area (TPSA) is 79.0 Å². The van der Waals surface area contributed by atoms with Crippen molar-refractivity contribution >= 4 is 56.4 Å². The fraction of sp³-hybridized carbons (Fsp3) is 0.316. The Bertz CT molecular complexity index is 1040. The summed E-state index contributed by atoms with van der Waals surface area (Å²) in [6.45, 7) is 1.44. The molecule has 0 aliphatic carbocycles. The van der Waals surface area contributed by atoms with Gasteiger partial charge in [-0.3, -0.25) is 9.69 Å². The molecule has 0 spiro atoms. The average Bonchev–Trinajstić information content (AvgIpc) is 2.70. The van der Waals surface area contributed by atoms with Crippen LogP contribution in [0.3, 0.4) is 0 Å². The summed E-state index contributed by atoms with van der Waals surface area (Å²) in [7, 11) is -2.25. The number of carbonyl (C=O) groups is 1. The minimum atomic E-state index is -3.76. The summed E-state index contributed by atoms with van der Waals surface area (Å²) in [6.07, 6.45) is 0. The summed E-state index contributed by atoms with van der Waals surface area (Å²) in [5.74, 6) is 0.303. The summed E-state index contributed by atoms with van der Waals surface area (Å²) in [5, 5.41) is 3.60. The lowest BCUT2D eigenvalue weighted by Gasteiger charge is -2.33. The Kier molecular flexibility index (Phi) is 7.49. The molecule has 2 aromatic carbocycles. The first-order valence-electron chi connectivity index (χ1n) is 9.01. The Hall–Kier alpha value is -1.55. The maximum absolute atomic E-state index is 12.9. The molecule has 3 rings (SSSR count). The summed E-state index contributed by atoms with van der Waals surface area (Å²) >= 11 is 18.1. The van der Waals surface area contributed by atoms with Gasteiger partial charge in [-0.1, -0.05) is 34.8 Å². The largest absolute Gasteiger partial charge is 0.495 e. The third-order valence-electron chi connectivity index (χ3n) is 4.65. The Balaban J connectivity index is 1.57. The first-order chi connectivity index (χ1) is 14.2. The van der Waals surface area contributed by atoms with E-state index >= 15 is 0 Å². The molecule has 0 atom stereocenters. The predicted octanol–water partition coefficient (Wildman–Crippen LogP) is 3.60. The van der Waals surface area contributed by atoms with E-state index in [0.29, 0.717) is 34.6 Å². The molecule has 30 heavy (non-hydrogen) atoms. The molecule has 0 radical (unpaired) electrons. The van der Waals surface area contributed by atoms with Gasteiger partial charge in [0.25, 0.3) is 0 Å². The van der Waals surface area contributed by atoms with Gasteiger partial charge in [0.05, 0.1) is 23.7 Å². The summed E-state index contributed by atoms with van der Waals surface area (Å²) in [4.78, 5) is 14.2. The molecular weight excluding hydrogens is 473 g/mol. The van der Waals surface area contributed by atoms with E-state index in [1.165, 1.54) is 29.6 Å². The van der Waals surface area contributed by atoms with E-state index in [9.17, 15) is 13.2 Å². The lowest BCUT2D eigenvalue weighted by atomic mass is 10.3. The van der Waals surface area contributed by atoms with Crippen LogP contribution in [0.2, 0.25) is 15.1 Å². The van der Waals surface area contributed by atoms with Crippen LogP contribution in [0.25, 0.3) is 0 Å². The van der Waals surface area contributed by atoms with Gasteiger partial charge in [0.2, 0.25) is 15.9 Å². The molecule has 1 amide bonds. The average molecular weight is 493 g/mol. The van der Waals surface area contributed by atoms with Crippen molar-refractivity contribution in [1.29, 1.82) is 0 Å². The second-order valence-electron chi connectivity index (χ2n) is 6.65. The highest BCUT2D eigenvalue weighted by Crippen LogP contribution is 2.29. The number of hydrogen-bond acceptors (Lipinski definition) is 5. The number of halogens is 3. The lowest BCUT2D eigenvalue weighted by molar-refractivity contribution is -0.117. The molecular formula is C19H20Cl3N3O4S. The van der Waals surface area contributed by atoms with Crippen LogP contribution < -0.4 is 10.1 Å². The zero-order valence-electron chi connectivity index (χ0n) is 16.1. The van der Waals surface area contributed by atoms with Crippen LogP contribution in [0.15, 0.2) is 41.3 Å². The van der Waals surface area contributed by atoms with Crippen LogP contribution in [-0.2, 0) is 14.8 Å². The summed E-state index contributed by atoms with van der Waals surface area (Å²) < 4.78 is 32.2. The second kappa shape index (κ2) is 9.72. The predicted molar refractivity (Wildman–Crippen MR) is 118 cm³/mol. The van der Waals surface area contributed by atoms with Crippen molar-refractivity contribution in [2.75, 3.05) is 45.2 Å². The van der Waals surface area contributed by atoms with Crippen LogP contribution in [0.4, 0.5) is 5.69 Å². The van der Waals surface area contributed by atoms with Gasteiger partial charge in [0, 0.05) is 36.9 Å². The maximum Gasteiger partial charge on any atom is 0.244 e. The number of methoxy groups -OCH3 is 1. The first kappa shape index (κ1) is 23.1. The van der Waals surface area contributed by atoms with Gasteiger partial charge in [-0.15, -0.1) is 0 Å². The van der Waals surface area contributed by atoms with E-state index in [0.717, 1.165) is 0 Å². The zero-order chi connectivity index (χ0) is 21.9. The molecule has 162 valence electrons. The number of nitrogens with one attached hydrogen (secondary N) is 1. The van der Waals surface area contributed by atoms with Gasteiger partial charge in [0.1, 0.15) is 10.6 Å². The Morgan fingerprint density at radius 1 is 1.03 bits per heavy atom. The van der Waals surface area contributed by atoms with Crippen molar-refractivity contribution in [3.8, 4) is 5.75 Å². The molecule has 2 aromatic rings. The highest BCUT2D eigenvalue weighted by atomic mass is 35.5. The van der Waals surface area contributed by atoms with E-state index in [1.807, 2.05) is 4.90 Å². The number of rotatable bonds is 6. The number of ether oxygens (including phenoxy) is 1. The quantitative estimate of drug-likeness (QED) is 0.666. The third-order valence-corrected chi connectivity index (χ3v) is 7.56. The third kappa shape index (κ3) is 5.38. The molecule has 0 bridgehead atoms. The highest BCUT2D eigenvalue weighted by Gasteiger charge is 2.30. The lowest BCUT2D eigenvalue weighted by Crippen LogP contribution is -2.50. The van der Waals surface area contributed by atoms with E-state index in [4.69, 9.17) is 39.5 Å². The van der Waals surface area contributed by atoms with E-state index in [-0.39, 0.29) is 35.5 Å². The van der Waals surface area contributed by atoms with Gasteiger partial charge in [0.15, 0.2) is 0 Å². The van der Waals surface area contributed by atoms with Crippen molar-refractivity contribution in [3.05, 3.63) is 51.5 Å². The fourth-order valence-corrected chi connectivity index (χ4v) is 5.51. The number of nitrogens with zero attached hydrogens (tertiary/aromatic N) is 2. The number of benzene rings is 2. The summed E-state index contributed by atoms with van der Waals surface area (Å²) in [6, 6.07) is 9.32. The molecule has 0 unspecified atom stereocenters. The molecule has 7 nitrogen and oxygen atoms in total. The maximum atomic E-state index is 12.9. The molecule has 11 heteroatoms. The number of anilines is 1. The van der Waals surface area contributed by atoms with Crippen LogP contribution in [-0.4, -0.2) is 63.4 Å². The van der Waals surface area contributed by atoms with Gasteiger partial charge >= 0.3 is 0 Å². The number of piperazine rings is 1. The fourth-order valence-electron chi connectivity index (χ4n) is 3.09. The number of amides is 1. The Morgan fingerprint density at radius 3 is 2.37 bits per heavy atom. The van der Waals surface area contributed by atoms with Crippen LogP contribution >= 0.6 is 34.8 Å². The van der Waals surface area contributed by atoms with Crippen molar-refractivity contribution in [3.63, 3.8) is 0 Å². The summed E-state index contributed by atoms with van der Waals surface area (Å²) in [5.41, 5.74) is 0.558. The monoisotopic (exact) mass is 491 g/mol. The minimum Gasteiger partial charge on any atom is -0.495 e. The zero-order valence-corrected chi connectivity index (χ0v) is 19.2. The number of hydrogen-bond donors (Lipinski definition) is 1. The van der Waals surface area contributed by atoms with Crippen LogP contribution in [0, 0.1) is 0 Å². The molecule has 1 heterocycles. The molecule has 1 aliphatic heterocycles. The standard InChI is InChI=1S/C19H20Cl3N3O4S/c1-29-17-5-3-14(11-16(17)22)23-19(26)12-24-6-8-25(9-7-24)30(27,28)18-10-13(20)2-4-15(18)21/h2-5,10-11H,6-9,12H2,1H3,(H,23,26). The van der Waals surface area contributed by atoms with E-state index in [2.05, 4.69) is 5.32 Å². The molecule has 1 fully saturated rings. The van der Waals surface area contributed by atoms with Crippen molar-refractivity contribution in [2.45, 2.75) is 4.90 Å². The smallest absolute Gasteiger partial charge is 0.244 e. The first-order valence-corrected chi connectivity index (χ1v) is 11.6. The second-order valence-corrected chi connectivity index (χ2v) is 9.81. The molecule has 0 saturated carbocycles. The SMILES string of the molecule is COc1ccc(NC(=O)CN2CCN(S(=O)(=O)c3cc(Cl)ccc3Cl)CC2)cc1Cl. The van der Waals surface area contributed by atoms with Crippen LogP contribution in [0.1, 0.15) is 0 Å². The van der Waals surface area contributed by atoms with Crippen molar-refractivity contribution in [2.24, 2.45) is 0 Å². The van der Waals surface area contributed by atoms with E-state index < -0.39 is 10.0 Å². The molecule has 1 aliphatic rings. The molecule has 1 N–H and O–H groups in total. The number of carbonyl (C=O) groups excluding carboxylic acids is 1. The van der Waals surface area contributed by atoms with Crippen molar-refractivity contribution in [1.82, 2.24) is 9.21 Å². The Morgan fingerprint density at radius 2 is 1.73 bits per heavy atom. The van der Waals surface area contributed by atoms with Gasteiger partial charge in [-0.25, -0.2) is 8.42 Å². The molecule has 0 aromatic heterocycles. The van der Waals surface area contributed by atoms with Gasteiger partial charge < -0.3 is 10.1 Å². The molecule has 1 saturated heterocycles. The van der Waals surface area contributed by atoms with Gasteiger partial charge in [-0.2, -0.15) is 4.31 Å². The highest BCUT2D eigenvalue weighted by molar-refractivity contribution is 7.89. The van der Waals surface area contributed by atoms with Crippen LogP contribution in [0.5, 0.6) is 5.75 Å². The van der Waals surface area contributed by atoms with E-state index in [1.54, 1.807) is 18.2 Å². The van der Waals surface area contributed by atoms with Gasteiger partial charge in [-0.05, 0) is 36.4 Å². The minimum absolute atomic E-state index is 0.0146. The van der Waals surface area contributed by atoms with Crippen molar-refractivity contribution < 1.29 is 17.9 Å².